The zero-order valence-corrected chi connectivity index (χ0v) is 10.5. The second-order valence-electron chi connectivity index (χ2n) is 4.69. The lowest BCUT2D eigenvalue weighted by molar-refractivity contribution is -0.191. The highest BCUT2D eigenvalue weighted by atomic mass is 16.4. The molecule has 2 atom stereocenters. The Morgan fingerprint density at radius 3 is 2.22 bits per heavy atom. The van der Waals surface area contributed by atoms with Crippen LogP contribution in [0.5, 0.6) is 0 Å². The van der Waals surface area contributed by atoms with Gasteiger partial charge >= 0.3 is 13.3 Å². The molecule has 0 heterocycles. The third-order valence-corrected chi connectivity index (χ3v) is 3.32. The topological polar surface area (TPSA) is 121 Å². The lowest BCUT2D eigenvalue weighted by Crippen LogP contribution is -2.42. The Kier molecular flexibility index (Phi) is 9.82. The maximum atomic E-state index is 9.82. The van der Waals surface area contributed by atoms with E-state index in [9.17, 15) is 5.11 Å². The second-order valence-corrected chi connectivity index (χ2v) is 4.69. The Labute approximate surface area is 107 Å². The highest BCUT2D eigenvalue weighted by Gasteiger charge is 2.29. The highest BCUT2D eigenvalue weighted by Crippen LogP contribution is 2.31. The van der Waals surface area contributed by atoms with Crippen LogP contribution in [0.1, 0.15) is 38.5 Å². The van der Waals surface area contributed by atoms with Gasteiger partial charge in [-0.3, -0.25) is 0 Å². The van der Waals surface area contributed by atoms with Crippen molar-refractivity contribution >= 4 is 13.3 Å². The first kappa shape index (κ1) is 17.3. The fourth-order valence-electron chi connectivity index (χ4n) is 2.01. The van der Waals surface area contributed by atoms with Gasteiger partial charge in [-0.1, -0.05) is 19.3 Å². The summed E-state index contributed by atoms with van der Waals surface area (Å²) in [5, 5.41) is 27.1. The quantitative estimate of drug-likeness (QED) is 0.362. The molecule has 0 aromatic carbocycles. The van der Waals surface area contributed by atoms with Crippen molar-refractivity contribution in [3.05, 3.63) is 0 Å². The zero-order valence-electron chi connectivity index (χ0n) is 10.5. The van der Waals surface area contributed by atoms with E-state index in [0.717, 1.165) is 32.1 Å². The molecule has 7 heteroatoms. The number of nitrogens with two attached hydrogens (primary N) is 1. The maximum absolute atomic E-state index is 9.82. The summed E-state index contributed by atoms with van der Waals surface area (Å²) < 4.78 is 0. The number of rotatable bonds is 7. The predicted molar refractivity (Wildman–Crippen MR) is 65.2 cm³/mol. The molecule has 1 saturated carbocycles. The van der Waals surface area contributed by atoms with E-state index < -0.39 is 7.12 Å². The standard InChI is InChI=1S/C10H22BNO3.CO2/c12-9(6-1-2-7-11(14)15)10(13)8-4-3-5-8;2-1-3/h8-10,13-15H,1-7,12H2;. The van der Waals surface area contributed by atoms with E-state index in [4.69, 9.17) is 25.4 Å². The number of aliphatic hydroxyl groups is 1. The fraction of sp³-hybridized carbons (Fsp3) is 0.909. The Hall–Kier alpha value is -0.715. The molecule has 0 spiro atoms. The van der Waals surface area contributed by atoms with Gasteiger partial charge in [-0.2, -0.15) is 9.59 Å². The number of carbonyl (C=O) groups excluding carboxylic acids is 2. The molecule has 0 saturated heterocycles. The number of hydrogen-bond donors (Lipinski definition) is 4. The molecule has 2 unspecified atom stereocenters. The van der Waals surface area contributed by atoms with Gasteiger partial charge in [0.1, 0.15) is 0 Å². The molecule has 0 aromatic heterocycles. The predicted octanol–water partition coefficient (Wildman–Crippen LogP) is -0.466. The normalized spacial score (nSPS) is 17.8. The first-order valence-electron chi connectivity index (χ1n) is 6.32. The molecule has 0 amide bonds. The fourth-order valence-corrected chi connectivity index (χ4v) is 2.01. The van der Waals surface area contributed by atoms with Crippen LogP contribution in [0.2, 0.25) is 6.32 Å². The third kappa shape index (κ3) is 7.58. The molecule has 104 valence electrons. The van der Waals surface area contributed by atoms with Gasteiger partial charge in [0.05, 0.1) is 6.10 Å². The summed E-state index contributed by atoms with van der Waals surface area (Å²) in [5.41, 5.74) is 5.87. The first-order chi connectivity index (χ1) is 8.52. The molecular formula is C11H22BNO5. The molecule has 1 fully saturated rings. The van der Waals surface area contributed by atoms with Gasteiger partial charge in [0.2, 0.25) is 0 Å². The minimum absolute atomic E-state index is 0.147. The Bertz CT molecular complexity index is 242. The van der Waals surface area contributed by atoms with Crippen molar-refractivity contribution in [1.82, 2.24) is 0 Å². The van der Waals surface area contributed by atoms with Gasteiger partial charge in [0, 0.05) is 6.04 Å². The summed E-state index contributed by atoms with van der Waals surface area (Å²) >= 11 is 0. The summed E-state index contributed by atoms with van der Waals surface area (Å²) in [6.45, 7) is 0. The van der Waals surface area contributed by atoms with Crippen LogP contribution in [0.3, 0.4) is 0 Å². The smallest absolute Gasteiger partial charge is 0.427 e. The van der Waals surface area contributed by atoms with E-state index >= 15 is 0 Å². The van der Waals surface area contributed by atoms with Crippen molar-refractivity contribution in [2.75, 3.05) is 0 Å². The van der Waals surface area contributed by atoms with Crippen molar-refractivity contribution in [1.29, 1.82) is 0 Å². The molecule has 0 radical (unpaired) electrons. The summed E-state index contributed by atoms with van der Waals surface area (Å²) in [4.78, 5) is 16.2. The van der Waals surface area contributed by atoms with Crippen LogP contribution in [0.4, 0.5) is 0 Å². The van der Waals surface area contributed by atoms with Crippen LogP contribution in [0.25, 0.3) is 0 Å². The molecule has 1 rings (SSSR count). The van der Waals surface area contributed by atoms with Crippen LogP contribution in [-0.2, 0) is 9.59 Å². The summed E-state index contributed by atoms with van der Waals surface area (Å²) in [6, 6.07) is -0.147. The number of unbranched alkanes of at least 4 members (excludes halogenated alkanes) is 1. The van der Waals surface area contributed by atoms with Gasteiger partial charge in [-0.15, -0.1) is 0 Å². The van der Waals surface area contributed by atoms with Gasteiger partial charge in [0.15, 0.2) is 0 Å². The van der Waals surface area contributed by atoms with E-state index in [1.54, 1.807) is 0 Å². The van der Waals surface area contributed by atoms with Crippen LogP contribution in [0.15, 0.2) is 0 Å². The van der Waals surface area contributed by atoms with Gasteiger partial charge in [-0.25, -0.2) is 0 Å². The average molecular weight is 259 g/mol. The Balaban J connectivity index is 0.000000873. The van der Waals surface area contributed by atoms with E-state index in [0.29, 0.717) is 12.2 Å². The summed E-state index contributed by atoms with van der Waals surface area (Å²) in [5.74, 6) is 0.406. The zero-order chi connectivity index (χ0) is 14.0. The molecule has 0 aromatic rings. The van der Waals surface area contributed by atoms with Gasteiger partial charge in [0.25, 0.3) is 0 Å². The molecular weight excluding hydrogens is 237 g/mol. The van der Waals surface area contributed by atoms with Crippen molar-refractivity contribution in [2.45, 2.75) is 57.0 Å². The molecule has 0 aliphatic heterocycles. The lowest BCUT2D eigenvalue weighted by atomic mass is 9.77. The summed E-state index contributed by atoms with van der Waals surface area (Å²) in [6.07, 6.45) is 6.07. The second kappa shape index (κ2) is 10.2. The van der Waals surface area contributed by atoms with E-state index in [2.05, 4.69) is 0 Å². The minimum atomic E-state index is -1.21. The molecule has 6 nitrogen and oxygen atoms in total. The van der Waals surface area contributed by atoms with Crippen molar-refractivity contribution in [3.63, 3.8) is 0 Å². The first-order valence-corrected chi connectivity index (χ1v) is 6.32. The van der Waals surface area contributed by atoms with Gasteiger partial charge < -0.3 is 20.9 Å². The Morgan fingerprint density at radius 1 is 1.28 bits per heavy atom. The molecule has 5 N–H and O–H groups in total. The molecule has 1 aliphatic carbocycles. The lowest BCUT2D eigenvalue weighted by Gasteiger charge is -2.33. The molecule has 1 aliphatic rings. The van der Waals surface area contributed by atoms with Crippen LogP contribution in [0, 0.1) is 5.92 Å². The van der Waals surface area contributed by atoms with Crippen molar-refractivity contribution < 1.29 is 24.7 Å². The van der Waals surface area contributed by atoms with Gasteiger partial charge in [-0.05, 0) is 31.5 Å². The average Bonchev–Trinajstić information content (AvgIpc) is 2.22. The molecule has 18 heavy (non-hydrogen) atoms. The van der Waals surface area contributed by atoms with E-state index in [1.807, 2.05) is 0 Å². The SMILES string of the molecule is NC(CCCCB(O)O)C(O)C1CCC1.O=C=O. The van der Waals surface area contributed by atoms with E-state index in [-0.39, 0.29) is 18.3 Å². The van der Waals surface area contributed by atoms with E-state index in [1.165, 1.54) is 6.42 Å². The summed E-state index contributed by atoms with van der Waals surface area (Å²) in [7, 11) is -1.21. The Morgan fingerprint density at radius 2 is 1.83 bits per heavy atom. The monoisotopic (exact) mass is 259 g/mol. The van der Waals surface area contributed by atoms with Crippen molar-refractivity contribution in [3.8, 4) is 0 Å². The van der Waals surface area contributed by atoms with Crippen molar-refractivity contribution in [2.24, 2.45) is 11.7 Å². The highest BCUT2D eigenvalue weighted by molar-refractivity contribution is 6.40. The number of hydrogen-bond acceptors (Lipinski definition) is 6. The number of aliphatic hydroxyl groups excluding tert-OH is 1. The largest absolute Gasteiger partial charge is 0.451 e. The minimum Gasteiger partial charge on any atom is -0.427 e. The van der Waals surface area contributed by atoms with Crippen LogP contribution in [-0.4, -0.2) is 40.6 Å². The van der Waals surface area contributed by atoms with Crippen LogP contribution >= 0.6 is 0 Å². The third-order valence-electron chi connectivity index (χ3n) is 3.32. The van der Waals surface area contributed by atoms with Crippen LogP contribution < -0.4 is 5.73 Å². The maximum Gasteiger partial charge on any atom is 0.451 e. The molecule has 0 bridgehead atoms.